The van der Waals surface area contributed by atoms with Gasteiger partial charge in [-0.2, -0.15) is 0 Å². The van der Waals surface area contributed by atoms with Crippen LogP contribution in [-0.2, 0) is 13.0 Å². The summed E-state index contributed by atoms with van der Waals surface area (Å²) in [6.07, 6.45) is 0.570. The zero-order chi connectivity index (χ0) is 18.8. The van der Waals surface area contributed by atoms with Crippen molar-refractivity contribution < 1.29 is 9.50 Å². The fourth-order valence-corrected chi connectivity index (χ4v) is 3.32. The Kier molecular flexibility index (Phi) is 4.60. The lowest BCUT2D eigenvalue weighted by Gasteiger charge is -2.15. The Morgan fingerprint density at radius 3 is 2.44 bits per heavy atom. The van der Waals surface area contributed by atoms with Crippen LogP contribution in [0.15, 0.2) is 72.8 Å². The number of hydrogen-bond donors (Lipinski definition) is 2. The first kappa shape index (κ1) is 17.2. The van der Waals surface area contributed by atoms with Crippen molar-refractivity contribution in [3.63, 3.8) is 0 Å². The summed E-state index contributed by atoms with van der Waals surface area (Å²) >= 11 is 0. The molecule has 4 nitrogen and oxygen atoms in total. The van der Waals surface area contributed by atoms with E-state index in [-0.39, 0.29) is 17.6 Å². The Labute approximate surface area is 156 Å². The van der Waals surface area contributed by atoms with Gasteiger partial charge in [-0.25, -0.2) is 9.37 Å². The highest BCUT2D eigenvalue weighted by atomic mass is 19.1. The van der Waals surface area contributed by atoms with Gasteiger partial charge in [0.1, 0.15) is 17.4 Å². The summed E-state index contributed by atoms with van der Waals surface area (Å²) in [4.78, 5) is 4.72. The van der Waals surface area contributed by atoms with Crippen molar-refractivity contribution in [2.45, 2.75) is 19.0 Å². The number of imidazole rings is 1. The van der Waals surface area contributed by atoms with Crippen LogP contribution >= 0.6 is 0 Å². The summed E-state index contributed by atoms with van der Waals surface area (Å²) in [7, 11) is 0. The Hall–Kier alpha value is -3.18. The monoisotopic (exact) mass is 361 g/mol. The predicted octanol–water partition coefficient (Wildman–Crippen LogP) is 4.17. The molecule has 4 aromatic rings. The molecule has 1 heterocycles. The summed E-state index contributed by atoms with van der Waals surface area (Å²) in [5.74, 6) is 0.694. The van der Waals surface area contributed by atoms with Crippen LogP contribution in [0.5, 0.6) is 5.75 Å². The van der Waals surface area contributed by atoms with E-state index in [1.54, 1.807) is 24.3 Å². The van der Waals surface area contributed by atoms with Crippen molar-refractivity contribution in [2.24, 2.45) is 5.73 Å². The van der Waals surface area contributed by atoms with Crippen LogP contribution in [0.4, 0.5) is 4.39 Å². The molecular weight excluding hydrogens is 341 g/mol. The van der Waals surface area contributed by atoms with E-state index in [1.807, 2.05) is 47.0 Å². The number of nitrogens with two attached hydrogens (primary N) is 1. The first-order valence-corrected chi connectivity index (χ1v) is 8.84. The predicted molar refractivity (Wildman–Crippen MR) is 104 cm³/mol. The molecule has 0 spiro atoms. The molecule has 0 radical (unpaired) electrons. The van der Waals surface area contributed by atoms with Crippen LogP contribution in [-0.4, -0.2) is 14.7 Å². The molecule has 0 aliphatic carbocycles. The van der Waals surface area contributed by atoms with Gasteiger partial charge in [0.2, 0.25) is 0 Å². The summed E-state index contributed by atoms with van der Waals surface area (Å²) in [6, 6.07) is 21.2. The van der Waals surface area contributed by atoms with Crippen LogP contribution in [0.2, 0.25) is 0 Å². The lowest BCUT2D eigenvalue weighted by atomic mass is 10.1. The lowest BCUT2D eigenvalue weighted by Crippen LogP contribution is -2.19. The molecule has 0 saturated carbocycles. The number of aromatic nitrogens is 2. The number of hydrogen-bond acceptors (Lipinski definition) is 3. The van der Waals surface area contributed by atoms with Crippen LogP contribution < -0.4 is 5.73 Å². The first-order valence-electron chi connectivity index (χ1n) is 8.84. The van der Waals surface area contributed by atoms with Gasteiger partial charge in [0.15, 0.2) is 0 Å². The van der Waals surface area contributed by atoms with Crippen LogP contribution in [0.1, 0.15) is 23.0 Å². The van der Waals surface area contributed by atoms with E-state index in [0.717, 1.165) is 16.6 Å². The maximum absolute atomic E-state index is 14.2. The van der Waals surface area contributed by atoms with Crippen molar-refractivity contribution in [3.05, 3.63) is 95.6 Å². The zero-order valence-corrected chi connectivity index (χ0v) is 14.7. The Balaban J connectivity index is 1.73. The smallest absolute Gasteiger partial charge is 0.128 e. The Morgan fingerprint density at radius 2 is 1.67 bits per heavy atom. The maximum atomic E-state index is 14.2. The van der Waals surface area contributed by atoms with Gasteiger partial charge in [0.25, 0.3) is 0 Å². The highest BCUT2D eigenvalue weighted by molar-refractivity contribution is 5.76. The van der Waals surface area contributed by atoms with Crippen LogP contribution in [0.25, 0.3) is 11.0 Å². The average molecular weight is 361 g/mol. The first-order chi connectivity index (χ1) is 13.1. The molecule has 5 heteroatoms. The second-order valence-electron chi connectivity index (χ2n) is 6.61. The number of benzene rings is 3. The third-order valence-corrected chi connectivity index (χ3v) is 4.69. The third-order valence-electron chi connectivity index (χ3n) is 4.69. The minimum absolute atomic E-state index is 0.221. The number of aromatic hydroxyl groups is 1. The largest absolute Gasteiger partial charge is 0.508 e. The van der Waals surface area contributed by atoms with Crippen molar-refractivity contribution in [2.75, 3.05) is 0 Å². The number of phenolic OH excluding ortho intramolecular Hbond substituents is 1. The van der Waals surface area contributed by atoms with E-state index >= 15 is 0 Å². The minimum Gasteiger partial charge on any atom is -0.508 e. The standard InChI is InChI=1S/C22H20FN3O/c23-18-6-2-1-5-16(18)14-26-21-8-4-3-7-20(21)25-22(26)19(24)13-15-9-11-17(27)12-10-15/h1-12,19,27H,13-14,24H2. The quantitative estimate of drug-likeness (QED) is 0.561. The topological polar surface area (TPSA) is 64.1 Å². The third kappa shape index (κ3) is 3.55. The molecule has 27 heavy (non-hydrogen) atoms. The lowest BCUT2D eigenvalue weighted by molar-refractivity contribution is 0.475. The fourth-order valence-electron chi connectivity index (χ4n) is 3.32. The SMILES string of the molecule is NC(Cc1ccc(O)cc1)c1nc2ccccc2n1Cc1ccccc1F. The molecule has 0 saturated heterocycles. The summed E-state index contributed by atoms with van der Waals surface area (Å²) < 4.78 is 16.2. The number of phenols is 1. The van der Waals surface area contributed by atoms with E-state index in [0.29, 0.717) is 24.4 Å². The van der Waals surface area contributed by atoms with Gasteiger partial charge in [-0.1, -0.05) is 42.5 Å². The number of rotatable bonds is 5. The van der Waals surface area contributed by atoms with E-state index in [1.165, 1.54) is 6.07 Å². The number of halogens is 1. The van der Waals surface area contributed by atoms with Gasteiger partial charge < -0.3 is 15.4 Å². The molecule has 1 aromatic heterocycles. The van der Waals surface area contributed by atoms with Crippen molar-refractivity contribution in [1.29, 1.82) is 0 Å². The highest BCUT2D eigenvalue weighted by Crippen LogP contribution is 2.24. The highest BCUT2D eigenvalue weighted by Gasteiger charge is 2.18. The average Bonchev–Trinajstić information content (AvgIpc) is 3.04. The van der Waals surface area contributed by atoms with E-state index in [2.05, 4.69) is 0 Å². The fraction of sp³-hybridized carbons (Fsp3) is 0.136. The Bertz CT molecular complexity index is 1070. The van der Waals surface area contributed by atoms with Crippen LogP contribution in [0, 0.1) is 5.82 Å². The second kappa shape index (κ2) is 7.21. The molecule has 136 valence electrons. The van der Waals surface area contributed by atoms with E-state index < -0.39 is 0 Å². The summed E-state index contributed by atoms with van der Waals surface area (Å²) in [5, 5.41) is 9.45. The number of fused-ring (bicyclic) bond motifs is 1. The van der Waals surface area contributed by atoms with E-state index in [4.69, 9.17) is 10.7 Å². The van der Waals surface area contributed by atoms with Gasteiger partial charge in [-0.05, 0) is 42.3 Å². The van der Waals surface area contributed by atoms with E-state index in [9.17, 15) is 9.50 Å². The molecule has 1 unspecified atom stereocenters. The number of para-hydroxylation sites is 2. The summed E-state index contributed by atoms with van der Waals surface area (Å²) in [6.45, 7) is 0.367. The molecule has 0 aliphatic rings. The minimum atomic E-state index is -0.353. The zero-order valence-electron chi connectivity index (χ0n) is 14.7. The van der Waals surface area contributed by atoms with Crippen molar-refractivity contribution in [1.82, 2.24) is 9.55 Å². The second-order valence-corrected chi connectivity index (χ2v) is 6.61. The van der Waals surface area contributed by atoms with Crippen molar-refractivity contribution >= 4 is 11.0 Å². The van der Waals surface area contributed by atoms with Gasteiger partial charge >= 0.3 is 0 Å². The molecule has 4 rings (SSSR count). The maximum Gasteiger partial charge on any atom is 0.128 e. The molecular formula is C22H20FN3O. The molecule has 0 fully saturated rings. The molecule has 0 aliphatic heterocycles. The van der Waals surface area contributed by atoms with Gasteiger partial charge in [-0.3, -0.25) is 0 Å². The van der Waals surface area contributed by atoms with Crippen molar-refractivity contribution in [3.8, 4) is 5.75 Å². The molecule has 0 bridgehead atoms. The van der Waals surface area contributed by atoms with Crippen LogP contribution in [0.3, 0.4) is 0 Å². The number of nitrogens with zero attached hydrogens (tertiary/aromatic N) is 2. The molecule has 0 amide bonds. The van der Waals surface area contributed by atoms with Gasteiger partial charge in [0, 0.05) is 5.56 Å². The Morgan fingerprint density at radius 1 is 0.963 bits per heavy atom. The van der Waals surface area contributed by atoms with Gasteiger partial charge in [0.05, 0.1) is 23.6 Å². The van der Waals surface area contributed by atoms with Gasteiger partial charge in [-0.15, -0.1) is 0 Å². The molecule has 3 aromatic carbocycles. The summed E-state index contributed by atoms with van der Waals surface area (Å²) in [5.41, 5.74) is 9.85. The molecule has 3 N–H and O–H groups in total. The normalized spacial score (nSPS) is 12.4. The molecule has 1 atom stereocenters.